The molecule has 1 aromatic heterocycles. The van der Waals surface area contributed by atoms with Gasteiger partial charge in [0, 0.05) is 16.3 Å². The minimum absolute atomic E-state index is 0.177. The van der Waals surface area contributed by atoms with E-state index in [1.54, 1.807) is 11.3 Å². The van der Waals surface area contributed by atoms with E-state index in [4.69, 9.17) is 4.74 Å². The molecule has 3 nitrogen and oxygen atoms in total. The maximum absolute atomic E-state index is 11.6. The van der Waals surface area contributed by atoms with Crippen molar-refractivity contribution in [1.29, 1.82) is 0 Å². The summed E-state index contributed by atoms with van der Waals surface area (Å²) >= 11 is 1.65. The van der Waals surface area contributed by atoms with Gasteiger partial charge in [0.2, 0.25) is 0 Å². The van der Waals surface area contributed by atoms with Crippen molar-refractivity contribution >= 4 is 17.3 Å². The zero-order valence-corrected chi connectivity index (χ0v) is 9.82. The van der Waals surface area contributed by atoms with Crippen LogP contribution in [0.5, 0.6) is 0 Å². The smallest absolute Gasteiger partial charge is 0.339 e. The standard InChI is InChI=1S/C11H15NO2S/c1-3-14-11(13)9-6-15-10-7(2)12-5-4-8(9)10/h6-7,12H,3-5H2,1-2H3. The summed E-state index contributed by atoms with van der Waals surface area (Å²) in [6.07, 6.45) is 0.928. The SMILES string of the molecule is CCOC(=O)c1csc2c1CCNC2C. The van der Waals surface area contributed by atoms with Crippen molar-refractivity contribution in [2.24, 2.45) is 0 Å². The number of carbonyl (C=O) groups excluding carboxylic acids is 1. The fourth-order valence-corrected chi connectivity index (χ4v) is 3.03. The average molecular weight is 225 g/mol. The van der Waals surface area contributed by atoms with Crippen LogP contribution in [0, 0.1) is 0 Å². The number of ether oxygens (including phenoxy) is 1. The molecule has 0 radical (unpaired) electrons. The quantitative estimate of drug-likeness (QED) is 0.784. The van der Waals surface area contributed by atoms with Crippen molar-refractivity contribution in [2.75, 3.05) is 13.2 Å². The Morgan fingerprint density at radius 2 is 2.53 bits per heavy atom. The van der Waals surface area contributed by atoms with Crippen LogP contribution in [0.15, 0.2) is 5.38 Å². The number of fused-ring (bicyclic) bond motifs is 1. The zero-order valence-electron chi connectivity index (χ0n) is 9.00. The maximum Gasteiger partial charge on any atom is 0.339 e. The van der Waals surface area contributed by atoms with Crippen molar-refractivity contribution < 1.29 is 9.53 Å². The molecule has 4 heteroatoms. The molecule has 1 atom stereocenters. The van der Waals surface area contributed by atoms with Gasteiger partial charge in [0.1, 0.15) is 0 Å². The van der Waals surface area contributed by atoms with E-state index in [9.17, 15) is 4.79 Å². The van der Waals surface area contributed by atoms with Crippen LogP contribution in [-0.2, 0) is 11.2 Å². The van der Waals surface area contributed by atoms with E-state index in [2.05, 4.69) is 12.2 Å². The Labute approximate surface area is 93.4 Å². The van der Waals surface area contributed by atoms with Crippen molar-refractivity contribution in [3.05, 3.63) is 21.4 Å². The Morgan fingerprint density at radius 1 is 1.73 bits per heavy atom. The van der Waals surface area contributed by atoms with Gasteiger partial charge in [-0.2, -0.15) is 0 Å². The van der Waals surface area contributed by atoms with E-state index in [0.29, 0.717) is 12.6 Å². The van der Waals surface area contributed by atoms with Crippen LogP contribution in [0.3, 0.4) is 0 Å². The van der Waals surface area contributed by atoms with Crippen LogP contribution < -0.4 is 5.32 Å². The van der Waals surface area contributed by atoms with Crippen LogP contribution in [0.1, 0.15) is 40.7 Å². The van der Waals surface area contributed by atoms with Gasteiger partial charge in [-0.25, -0.2) is 4.79 Å². The first kappa shape index (κ1) is 10.6. The molecular weight excluding hydrogens is 210 g/mol. The van der Waals surface area contributed by atoms with Crippen molar-refractivity contribution in [3.8, 4) is 0 Å². The summed E-state index contributed by atoms with van der Waals surface area (Å²) in [5.74, 6) is -0.177. The molecule has 0 saturated carbocycles. The second kappa shape index (κ2) is 4.33. The van der Waals surface area contributed by atoms with Crippen molar-refractivity contribution in [1.82, 2.24) is 5.32 Å². The van der Waals surface area contributed by atoms with Gasteiger partial charge < -0.3 is 10.1 Å². The summed E-state index contributed by atoms with van der Waals surface area (Å²) in [5.41, 5.74) is 1.95. The zero-order chi connectivity index (χ0) is 10.8. The van der Waals surface area contributed by atoms with Crippen LogP contribution in [0.25, 0.3) is 0 Å². The molecule has 1 aliphatic rings. The van der Waals surface area contributed by atoms with E-state index < -0.39 is 0 Å². The molecule has 1 unspecified atom stereocenters. The first-order valence-electron chi connectivity index (χ1n) is 5.24. The summed E-state index contributed by atoms with van der Waals surface area (Å²) in [5, 5.41) is 5.30. The molecule has 2 heterocycles. The predicted molar refractivity (Wildman–Crippen MR) is 60.4 cm³/mol. The van der Waals surface area contributed by atoms with Crippen molar-refractivity contribution in [3.63, 3.8) is 0 Å². The third kappa shape index (κ3) is 1.92. The summed E-state index contributed by atoms with van der Waals surface area (Å²) in [6.45, 7) is 5.35. The monoisotopic (exact) mass is 225 g/mol. The fraction of sp³-hybridized carbons (Fsp3) is 0.545. The van der Waals surface area contributed by atoms with E-state index >= 15 is 0 Å². The van der Waals surface area contributed by atoms with Gasteiger partial charge in [-0.15, -0.1) is 11.3 Å². The molecule has 0 saturated heterocycles. The molecule has 15 heavy (non-hydrogen) atoms. The number of carbonyl (C=O) groups is 1. The highest BCUT2D eigenvalue weighted by atomic mass is 32.1. The third-order valence-corrected chi connectivity index (χ3v) is 3.85. The lowest BCUT2D eigenvalue weighted by molar-refractivity contribution is 0.0525. The normalized spacial score (nSPS) is 19.7. The summed E-state index contributed by atoms with van der Waals surface area (Å²) < 4.78 is 5.03. The molecule has 0 bridgehead atoms. The summed E-state index contributed by atoms with van der Waals surface area (Å²) in [4.78, 5) is 12.9. The van der Waals surface area contributed by atoms with Crippen LogP contribution in [0.4, 0.5) is 0 Å². The molecule has 0 spiro atoms. The Kier molecular flexibility index (Phi) is 3.07. The molecular formula is C11H15NO2S. The van der Waals surface area contributed by atoms with E-state index in [-0.39, 0.29) is 5.97 Å². The molecule has 1 aromatic rings. The van der Waals surface area contributed by atoms with E-state index in [1.165, 1.54) is 10.4 Å². The van der Waals surface area contributed by atoms with Gasteiger partial charge in [0.05, 0.1) is 12.2 Å². The molecule has 0 fully saturated rings. The number of esters is 1. The molecule has 0 amide bonds. The average Bonchev–Trinajstić information content (AvgIpc) is 2.63. The second-order valence-corrected chi connectivity index (χ2v) is 4.55. The lowest BCUT2D eigenvalue weighted by Crippen LogP contribution is -2.27. The first-order valence-corrected chi connectivity index (χ1v) is 6.12. The summed E-state index contributed by atoms with van der Waals surface area (Å²) in [7, 11) is 0. The minimum atomic E-state index is -0.177. The highest BCUT2D eigenvalue weighted by Crippen LogP contribution is 2.31. The Morgan fingerprint density at radius 3 is 3.27 bits per heavy atom. The van der Waals surface area contributed by atoms with Crippen LogP contribution in [-0.4, -0.2) is 19.1 Å². The van der Waals surface area contributed by atoms with Gasteiger partial charge in [-0.05, 0) is 32.4 Å². The number of thiophene rings is 1. The molecule has 2 rings (SSSR count). The number of nitrogens with one attached hydrogen (secondary N) is 1. The highest BCUT2D eigenvalue weighted by Gasteiger charge is 2.24. The molecule has 0 aliphatic carbocycles. The lowest BCUT2D eigenvalue weighted by Gasteiger charge is -2.20. The number of hydrogen-bond acceptors (Lipinski definition) is 4. The van der Waals surface area contributed by atoms with E-state index in [0.717, 1.165) is 18.5 Å². The van der Waals surface area contributed by atoms with Gasteiger partial charge in [0.15, 0.2) is 0 Å². The highest BCUT2D eigenvalue weighted by molar-refractivity contribution is 7.10. The molecule has 1 N–H and O–H groups in total. The Bertz CT molecular complexity index is 373. The second-order valence-electron chi connectivity index (χ2n) is 3.64. The van der Waals surface area contributed by atoms with Gasteiger partial charge in [-0.1, -0.05) is 0 Å². The largest absolute Gasteiger partial charge is 0.462 e. The van der Waals surface area contributed by atoms with Crippen LogP contribution >= 0.6 is 11.3 Å². The number of rotatable bonds is 2. The summed E-state index contributed by atoms with van der Waals surface area (Å²) in [6, 6.07) is 0.363. The first-order chi connectivity index (χ1) is 7.24. The number of hydrogen-bond donors (Lipinski definition) is 1. The van der Waals surface area contributed by atoms with Gasteiger partial charge in [-0.3, -0.25) is 0 Å². The van der Waals surface area contributed by atoms with E-state index in [1.807, 2.05) is 12.3 Å². The van der Waals surface area contributed by atoms with Gasteiger partial charge in [0.25, 0.3) is 0 Å². The lowest BCUT2D eigenvalue weighted by atomic mass is 10.0. The third-order valence-electron chi connectivity index (χ3n) is 2.64. The molecule has 82 valence electrons. The Balaban J connectivity index is 2.30. The van der Waals surface area contributed by atoms with Crippen LogP contribution in [0.2, 0.25) is 0 Å². The molecule has 1 aliphatic heterocycles. The Hall–Kier alpha value is -0.870. The maximum atomic E-state index is 11.6. The molecule has 0 aromatic carbocycles. The fourth-order valence-electron chi connectivity index (χ4n) is 1.91. The van der Waals surface area contributed by atoms with Crippen molar-refractivity contribution in [2.45, 2.75) is 26.3 Å². The minimum Gasteiger partial charge on any atom is -0.462 e. The topological polar surface area (TPSA) is 38.3 Å². The van der Waals surface area contributed by atoms with Gasteiger partial charge >= 0.3 is 5.97 Å². The predicted octanol–water partition coefficient (Wildman–Crippen LogP) is 2.13.